The zero-order valence-electron chi connectivity index (χ0n) is 16.3. The number of Topliss-reactive ketones (excluding diaryl/α,β-unsaturated/α-hetero) is 1. The Kier molecular flexibility index (Phi) is 6.36. The van der Waals surface area contributed by atoms with E-state index in [1.807, 2.05) is 13.0 Å². The number of hydrogen-bond acceptors (Lipinski definition) is 5. The van der Waals surface area contributed by atoms with Gasteiger partial charge in [0.05, 0.1) is 10.5 Å². The Labute approximate surface area is 164 Å². The Balaban J connectivity index is 2.29. The second-order valence-electron chi connectivity index (χ2n) is 6.66. The van der Waals surface area contributed by atoms with Gasteiger partial charge in [0.25, 0.3) is 0 Å². The van der Waals surface area contributed by atoms with Crippen molar-refractivity contribution in [1.29, 1.82) is 0 Å². The fourth-order valence-corrected chi connectivity index (χ4v) is 3.46. The van der Waals surface area contributed by atoms with Crippen LogP contribution in [0.15, 0.2) is 41.3 Å². The lowest BCUT2D eigenvalue weighted by Gasteiger charge is -2.16. The first-order valence-corrected chi connectivity index (χ1v) is 9.93. The third-order valence-electron chi connectivity index (χ3n) is 4.25. The van der Waals surface area contributed by atoms with Gasteiger partial charge in [0.15, 0.2) is 6.10 Å². The summed E-state index contributed by atoms with van der Waals surface area (Å²) >= 11 is 0. The quantitative estimate of drug-likeness (QED) is 0.543. The molecular weight excluding hydrogens is 385 g/mol. The van der Waals surface area contributed by atoms with Crippen molar-refractivity contribution >= 4 is 21.8 Å². The number of halogens is 1. The summed E-state index contributed by atoms with van der Waals surface area (Å²) in [5.74, 6) is -2.47. The molecule has 0 bridgehead atoms. The second-order valence-corrected chi connectivity index (χ2v) is 8.81. The number of carbonyl (C=O) groups excluding carboxylic acids is 2. The highest BCUT2D eigenvalue weighted by molar-refractivity contribution is 7.89. The van der Waals surface area contributed by atoms with Crippen LogP contribution in [0.25, 0.3) is 0 Å². The molecule has 0 aliphatic rings. The standard InChI is InChI=1S/C20H22FNO5S/c1-12-6-7-13(2)16(10-12)19(23)14(3)27-20(24)17-11-15(8-9-18(17)21)28(25,26)22(4)5/h6-11,14H,1-5H3. The van der Waals surface area contributed by atoms with Gasteiger partial charge in [0, 0.05) is 19.7 Å². The molecule has 8 heteroatoms. The van der Waals surface area contributed by atoms with Crippen LogP contribution in [0, 0.1) is 19.7 Å². The molecule has 1 unspecified atom stereocenters. The summed E-state index contributed by atoms with van der Waals surface area (Å²) in [6.45, 7) is 4.98. The average molecular weight is 407 g/mol. The molecule has 0 heterocycles. The SMILES string of the molecule is Cc1ccc(C)c(C(=O)C(C)OC(=O)c2cc(S(=O)(=O)N(C)C)ccc2F)c1. The van der Waals surface area contributed by atoms with E-state index in [9.17, 15) is 22.4 Å². The Morgan fingerprint density at radius 2 is 1.68 bits per heavy atom. The predicted molar refractivity (Wildman–Crippen MR) is 102 cm³/mol. The zero-order valence-corrected chi connectivity index (χ0v) is 17.1. The molecular formula is C20H22FNO5S. The van der Waals surface area contributed by atoms with Gasteiger partial charge in [-0.3, -0.25) is 4.79 Å². The zero-order chi connectivity index (χ0) is 21.2. The van der Waals surface area contributed by atoms with Crippen LogP contribution in [0.3, 0.4) is 0 Å². The number of hydrogen-bond donors (Lipinski definition) is 0. The fraction of sp³-hybridized carbons (Fsp3) is 0.300. The van der Waals surface area contributed by atoms with Gasteiger partial charge in [-0.1, -0.05) is 17.7 Å². The Morgan fingerprint density at radius 3 is 2.29 bits per heavy atom. The number of carbonyl (C=O) groups is 2. The lowest BCUT2D eigenvalue weighted by Crippen LogP contribution is -2.26. The van der Waals surface area contributed by atoms with Gasteiger partial charge in [-0.15, -0.1) is 0 Å². The Hall–Kier alpha value is -2.58. The van der Waals surface area contributed by atoms with Crippen LogP contribution in [0.1, 0.15) is 38.8 Å². The van der Waals surface area contributed by atoms with Crippen LogP contribution >= 0.6 is 0 Å². The van der Waals surface area contributed by atoms with Crippen molar-refractivity contribution in [2.24, 2.45) is 0 Å². The first kappa shape index (κ1) is 21.7. The molecule has 28 heavy (non-hydrogen) atoms. The van der Waals surface area contributed by atoms with Crippen LogP contribution in [0.5, 0.6) is 0 Å². The van der Waals surface area contributed by atoms with Gasteiger partial charge in [-0.2, -0.15) is 0 Å². The highest BCUT2D eigenvalue weighted by Crippen LogP contribution is 2.20. The number of aryl methyl sites for hydroxylation is 2. The van der Waals surface area contributed by atoms with Crippen LogP contribution in [0.2, 0.25) is 0 Å². The summed E-state index contributed by atoms with van der Waals surface area (Å²) in [6, 6.07) is 8.17. The van der Waals surface area contributed by atoms with Crippen molar-refractivity contribution in [3.8, 4) is 0 Å². The predicted octanol–water partition coefficient (Wildman–Crippen LogP) is 3.12. The molecule has 0 radical (unpaired) electrons. The molecule has 2 rings (SSSR count). The first-order chi connectivity index (χ1) is 12.9. The minimum Gasteiger partial charge on any atom is -0.451 e. The van der Waals surface area contributed by atoms with Crippen LogP contribution < -0.4 is 0 Å². The monoisotopic (exact) mass is 407 g/mol. The van der Waals surface area contributed by atoms with E-state index in [1.165, 1.54) is 21.0 Å². The normalized spacial score (nSPS) is 12.7. The van der Waals surface area contributed by atoms with Crippen LogP contribution in [-0.2, 0) is 14.8 Å². The molecule has 0 aromatic heterocycles. The van der Waals surface area contributed by atoms with E-state index >= 15 is 0 Å². The molecule has 0 aliphatic carbocycles. The number of ether oxygens (including phenoxy) is 1. The summed E-state index contributed by atoms with van der Waals surface area (Å²) < 4.78 is 44.6. The van der Waals surface area contributed by atoms with Gasteiger partial charge in [-0.25, -0.2) is 21.9 Å². The maximum atomic E-state index is 14.1. The Morgan fingerprint density at radius 1 is 1.04 bits per heavy atom. The minimum absolute atomic E-state index is 0.251. The summed E-state index contributed by atoms with van der Waals surface area (Å²) in [5, 5.41) is 0. The average Bonchev–Trinajstić information content (AvgIpc) is 2.62. The van der Waals surface area contributed by atoms with Crippen molar-refractivity contribution < 1.29 is 27.1 Å². The Bertz CT molecular complexity index is 1030. The molecule has 150 valence electrons. The van der Waals surface area contributed by atoms with Gasteiger partial charge in [0.1, 0.15) is 5.82 Å². The summed E-state index contributed by atoms with van der Waals surface area (Å²) in [5.41, 5.74) is 1.46. The number of ketones is 1. The molecule has 0 spiro atoms. The molecule has 0 saturated heterocycles. The summed E-state index contributed by atoms with van der Waals surface area (Å²) in [6.07, 6.45) is -1.17. The smallest absolute Gasteiger partial charge is 0.341 e. The highest BCUT2D eigenvalue weighted by atomic mass is 32.2. The van der Waals surface area contributed by atoms with Crippen LogP contribution in [0.4, 0.5) is 4.39 Å². The minimum atomic E-state index is -3.86. The van der Waals surface area contributed by atoms with Crippen molar-refractivity contribution in [2.45, 2.75) is 31.8 Å². The van der Waals surface area contributed by atoms with Gasteiger partial charge < -0.3 is 4.74 Å². The molecule has 0 saturated carbocycles. The van der Waals surface area contributed by atoms with Gasteiger partial charge in [-0.05, 0) is 50.6 Å². The van der Waals surface area contributed by atoms with E-state index in [1.54, 1.807) is 19.1 Å². The van der Waals surface area contributed by atoms with E-state index in [0.29, 0.717) is 5.56 Å². The molecule has 0 amide bonds. The number of rotatable bonds is 6. The van der Waals surface area contributed by atoms with Crippen molar-refractivity contribution in [3.05, 3.63) is 64.5 Å². The first-order valence-electron chi connectivity index (χ1n) is 8.49. The third-order valence-corrected chi connectivity index (χ3v) is 6.06. The van der Waals surface area contributed by atoms with E-state index < -0.39 is 39.3 Å². The molecule has 2 aromatic carbocycles. The molecule has 2 aromatic rings. The van der Waals surface area contributed by atoms with Crippen LogP contribution in [-0.4, -0.2) is 44.7 Å². The third kappa shape index (κ3) is 4.45. The lowest BCUT2D eigenvalue weighted by atomic mass is 9.99. The second kappa shape index (κ2) is 8.20. The van der Waals surface area contributed by atoms with E-state index in [-0.39, 0.29) is 4.90 Å². The number of benzene rings is 2. The van der Waals surface area contributed by atoms with Gasteiger partial charge >= 0.3 is 5.97 Å². The maximum absolute atomic E-state index is 14.1. The van der Waals surface area contributed by atoms with E-state index in [4.69, 9.17) is 4.74 Å². The molecule has 0 aliphatic heterocycles. The van der Waals surface area contributed by atoms with Crippen molar-refractivity contribution in [2.75, 3.05) is 14.1 Å². The maximum Gasteiger partial charge on any atom is 0.341 e. The molecule has 6 nitrogen and oxygen atoms in total. The molecule has 1 atom stereocenters. The number of sulfonamides is 1. The number of nitrogens with zero attached hydrogens (tertiary/aromatic N) is 1. The highest BCUT2D eigenvalue weighted by Gasteiger charge is 2.26. The lowest BCUT2D eigenvalue weighted by molar-refractivity contribution is 0.0313. The summed E-state index contributed by atoms with van der Waals surface area (Å²) in [4.78, 5) is 24.8. The number of esters is 1. The van der Waals surface area contributed by atoms with Crippen molar-refractivity contribution in [1.82, 2.24) is 4.31 Å². The van der Waals surface area contributed by atoms with E-state index in [2.05, 4.69) is 0 Å². The molecule has 0 N–H and O–H groups in total. The molecule has 0 fully saturated rings. The fourth-order valence-electron chi connectivity index (χ4n) is 2.53. The van der Waals surface area contributed by atoms with Gasteiger partial charge in [0.2, 0.25) is 15.8 Å². The topological polar surface area (TPSA) is 80.8 Å². The van der Waals surface area contributed by atoms with E-state index in [0.717, 1.165) is 33.6 Å². The largest absolute Gasteiger partial charge is 0.451 e. The van der Waals surface area contributed by atoms with Crippen molar-refractivity contribution in [3.63, 3.8) is 0 Å². The summed E-state index contributed by atoms with van der Waals surface area (Å²) in [7, 11) is -1.21.